The van der Waals surface area contributed by atoms with Crippen LogP contribution in [0.15, 0.2) is 69.8 Å². The zero-order valence-corrected chi connectivity index (χ0v) is 18.7. The predicted molar refractivity (Wildman–Crippen MR) is 116 cm³/mol. The summed E-state index contributed by atoms with van der Waals surface area (Å²) in [4.78, 5) is 13.6. The van der Waals surface area contributed by atoms with E-state index in [4.69, 9.17) is 0 Å². The van der Waals surface area contributed by atoms with Crippen LogP contribution in [0.2, 0.25) is 0 Å². The molecule has 0 saturated heterocycles. The number of aryl methyl sites for hydroxylation is 1. The molecule has 8 nitrogen and oxygen atoms in total. The molecule has 1 amide bonds. The smallest absolute Gasteiger partial charge is 0.255 e. The van der Waals surface area contributed by atoms with E-state index >= 15 is 0 Å². The quantitative estimate of drug-likeness (QED) is 0.600. The molecular weight excluding hydrogens is 422 g/mol. The van der Waals surface area contributed by atoms with E-state index in [1.807, 2.05) is 23.7 Å². The Balaban J connectivity index is 1.67. The van der Waals surface area contributed by atoms with Crippen LogP contribution in [0, 0.1) is 0 Å². The molecule has 158 valence electrons. The lowest BCUT2D eigenvalue weighted by atomic mass is 10.2. The van der Waals surface area contributed by atoms with Gasteiger partial charge < -0.3 is 9.88 Å². The van der Waals surface area contributed by atoms with Crippen LogP contribution in [0.3, 0.4) is 0 Å². The summed E-state index contributed by atoms with van der Waals surface area (Å²) in [7, 11) is -0.177. The van der Waals surface area contributed by atoms with E-state index < -0.39 is 10.0 Å². The Morgan fingerprint density at radius 3 is 2.27 bits per heavy atom. The summed E-state index contributed by atoms with van der Waals surface area (Å²) in [6.07, 6.45) is 1.63. The number of sulfonamides is 1. The third-order valence-corrected chi connectivity index (χ3v) is 7.62. The van der Waals surface area contributed by atoms with E-state index in [1.165, 1.54) is 47.4 Å². The molecule has 2 aromatic carbocycles. The number of nitrogens with zero attached hydrogens (tertiary/aromatic N) is 4. The molecule has 0 fully saturated rings. The first kappa shape index (κ1) is 22.0. The molecule has 0 aliphatic carbocycles. The molecule has 30 heavy (non-hydrogen) atoms. The fourth-order valence-electron chi connectivity index (χ4n) is 2.50. The van der Waals surface area contributed by atoms with Gasteiger partial charge in [-0.25, -0.2) is 8.42 Å². The number of anilines is 1. The third kappa shape index (κ3) is 4.89. The van der Waals surface area contributed by atoms with E-state index in [1.54, 1.807) is 32.3 Å². The summed E-state index contributed by atoms with van der Waals surface area (Å²) in [5.41, 5.74) is 1.01. The molecule has 0 unspecified atom stereocenters. The Morgan fingerprint density at radius 2 is 1.73 bits per heavy atom. The molecule has 10 heteroatoms. The van der Waals surface area contributed by atoms with Crippen LogP contribution in [0.4, 0.5) is 5.69 Å². The maximum atomic E-state index is 12.5. The highest BCUT2D eigenvalue weighted by Crippen LogP contribution is 2.26. The summed E-state index contributed by atoms with van der Waals surface area (Å²) < 4.78 is 28.2. The van der Waals surface area contributed by atoms with Crippen molar-refractivity contribution in [2.45, 2.75) is 34.8 Å². The molecular formula is C20H23N5O3S2. The number of amides is 1. The topological polar surface area (TPSA) is 97.2 Å². The van der Waals surface area contributed by atoms with Crippen molar-refractivity contribution in [3.8, 4) is 0 Å². The van der Waals surface area contributed by atoms with Crippen molar-refractivity contribution < 1.29 is 13.2 Å². The Morgan fingerprint density at radius 1 is 1.10 bits per heavy atom. The molecule has 1 aromatic heterocycles. The number of hydrogen-bond donors (Lipinski definition) is 1. The van der Waals surface area contributed by atoms with Crippen LogP contribution in [0.1, 0.15) is 24.2 Å². The molecule has 0 aliphatic rings. The minimum Gasteiger partial charge on any atom is -0.322 e. The number of nitrogens with one attached hydrogen (secondary N) is 1. The van der Waals surface area contributed by atoms with Gasteiger partial charge >= 0.3 is 0 Å². The monoisotopic (exact) mass is 445 g/mol. The number of rotatable bonds is 7. The van der Waals surface area contributed by atoms with Crippen molar-refractivity contribution in [2.24, 2.45) is 7.05 Å². The summed E-state index contributed by atoms with van der Waals surface area (Å²) in [6.45, 7) is 3.60. The highest BCUT2D eigenvalue weighted by molar-refractivity contribution is 7.99. The first-order valence-corrected chi connectivity index (χ1v) is 11.5. The summed E-state index contributed by atoms with van der Waals surface area (Å²) in [5.74, 6) is -0.315. The molecule has 0 spiro atoms. The number of carbonyl (C=O) groups is 1. The highest BCUT2D eigenvalue weighted by Gasteiger charge is 2.23. The molecule has 0 bridgehead atoms. The molecule has 0 radical (unpaired) electrons. The maximum absolute atomic E-state index is 12.5. The summed E-state index contributed by atoms with van der Waals surface area (Å²) >= 11 is 1.47. The molecule has 3 rings (SSSR count). The second-order valence-electron chi connectivity index (χ2n) is 6.94. The minimum absolute atomic E-state index is 0.153. The fraction of sp³-hybridized carbons (Fsp3) is 0.250. The van der Waals surface area contributed by atoms with Crippen molar-refractivity contribution in [1.82, 2.24) is 19.1 Å². The number of hydrogen-bond acceptors (Lipinski definition) is 6. The molecule has 0 atom stereocenters. The van der Waals surface area contributed by atoms with Gasteiger partial charge in [0.25, 0.3) is 5.91 Å². The second-order valence-corrected chi connectivity index (χ2v) is 9.98. The molecule has 0 saturated carbocycles. The van der Waals surface area contributed by atoms with Crippen LogP contribution in [0.5, 0.6) is 0 Å². The van der Waals surface area contributed by atoms with Crippen molar-refractivity contribution in [3.63, 3.8) is 0 Å². The van der Waals surface area contributed by atoms with Gasteiger partial charge in [0.2, 0.25) is 10.0 Å². The molecule has 1 N–H and O–H groups in total. The normalized spacial score (nSPS) is 11.8. The van der Waals surface area contributed by atoms with Crippen molar-refractivity contribution in [3.05, 3.63) is 60.4 Å². The Kier molecular flexibility index (Phi) is 6.59. The minimum atomic E-state index is -3.58. The van der Waals surface area contributed by atoms with Crippen molar-refractivity contribution in [2.75, 3.05) is 12.4 Å². The maximum Gasteiger partial charge on any atom is 0.255 e. The van der Waals surface area contributed by atoms with Gasteiger partial charge in [-0.15, -0.1) is 10.2 Å². The van der Waals surface area contributed by atoms with Crippen molar-refractivity contribution in [1.29, 1.82) is 0 Å². The number of benzene rings is 2. The largest absolute Gasteiger partial charge is 0.322 e. The van der Waals surface area contributed by atoms with E-state index in [0.29, 0.717) is 11.3 Å². The average molecular weight is 446 g/mol. The van der Waals surface area contributed by atoms with Gasteiger partial charge in [0, 0.05) is 36.3 Å². The van der Waals surface area contributed by atoms with Crippen LogP contribution >= 0.6 is 11.8 Å². The Labute approximate surface area is 180 Å². The van der Waals surface area contributed by atoms with Crippen LogP contribution in [0.25, 0.3) is 0 Å². The summed E-state index contributed by atoms with van der Waals surface area (Å²) in [6, 6.07) is 13.1. The standard InChI is InChI=1S/C20H23N5O3S2/c1-14(2)25(4)30(27,28)18-11-5-15(6-12-18)19(26)22-16-7-9-17(10-8-16)29-20-23-21-13-24(20)3/h5-14H,1-4H3,(H,22,26). The third-order valence-electron chi connectivity index (χ3n) is 4.51. The van der Waals surface area contributed by atoms with Gasteiger partial charge in [-0.05, 0) is 74.1 Å². The highest BCUT2D eigenvalue weighted by atomic mass is 32.2. The van der Waals surface area contributed by atoms with Gasteiger partial charge in [-0.2, -0.15) is 4.31 Å². The lowest BCUT2D eigenvalue weighted by molar-refractivity contribution is 0.102. The fourth-order valence-corrected chi connectivity index (χ4v) is 4.63. The summed E-state index contributed by atoms with van der Waals surface area (Å²) in [5, 5.41) is 11.5. The lowest BCUT2D eigenvalue weighted by Gasteiger charge is -2.21. The molecule has 3 aromatic rings. The first-order valence-electron chi connectivity index (χ1n) is 9.20. The van der Waals surface area contributed by atoms with E-state index in [-0.39, 0.29) is 16.8 Å². The zero-order valence-electron chi connectivity index (χ0n) is 17.1. The van der Waals surface area contributed by atoms with Gasteiger partial charge in [-0.3, -0.25) is 4.79 Å². The average Bonchev–Trinajstić information content (AvgIpc) is 3.13. The number of aromatic nitrogens is 3. The lowest BCUT2D eigenvalue weighted by Crippen LogP contribution is -2.33. The van der Waals surface area contributed by atoms with Crippen LogP contribution in [-0.4, -0.2) is 46.5 Å². The van der Waals surface area contributed by atoms with Crippen molar-refractivity contribution >= 4 is 33.4 Å². The van der Waals surface area contributed by atoms with Gasteiger partial charge in [0.1, 0.15) is 6.33 Å². The van der Waals surface area contributed by atoms with Crippen LogP contribution < -0.4 is 5.32 Å². The van der Waals surface area contributed by atoms with Crippen LogP contribution in [-0.2, 0) is 17.1 Å². The first-order chi connectivity index (χ1) is 14.2. The Hall–Kier alpha value is -2.69. The van der Waals surface area contributed by atoms with Gasteiger partial charge in [-0.1, -0.05) is 0 Å². The van der Waals surface area contributed by atoms with E-state index in [0.717, 1.165) is 10.1 Å². The predicted octanol–water partition coefficient (Wildman–Crippen LogP) is 3.25. The SMILES string of the molecule is CC(C)N(C)S(=O)(=O)c1ccc(C(=O)Nc2ccc(Sc3nncn3C)cc2)cc1. The Bertz CT molecular complexity index is 1120. The van der Waals surface area contributed by atoms with E-state index in [2.05, 4.69) is 15.5 Å². The molecule has 1 heterocycles. The zero-order chi connectivity index (χ0) is 21.9. The van der Waals surface area contributed by atoms with Gasteiger partial charge in [0.05, 0.1) is 4.90 Å². The second kappa shape index (κ2) is 8.99. The van der Waals surface area contributed by atoms with E-state index in [9.17, 15) is 13.2 Å². The number of carbonyl (C=O) groups excluding carboxylic acids is 1. The molecule has 0 aliphatic heterocycles. The van der Waals surface area contributed by atoms with Gasteiger partial charge in [0.15, 0.2) is 5.16 Å².